The zero-order chi connectivity index (χ0) is 16.9. The Labute approximate surface area is 141 Å². The lowest BCUT2D eigenvalue weighted by Crippen LogP contribution is -2.36. The minimum atomic E-state index is -2.91. The van der Waals surface area contributed by atoms with Crippen molar-refractivity contribution in [2.75, 3.05) is 18.1 Å². The van der Waals surface area contributed by atoms with Crippen LogP contribution in [0.25, 0.3) is 0 Å². The second-order valence-electron chi connectivity index (χ2n) is 5.90. The normalized spacial score (nSPS) is 20.5. The van der Waals surface area contributed by atoms with E-state index >= 15 is 0 Å². The fourth-order valence-electron chi connectivity index (χ4n) is 2.83. The molecule has 2 rings (SSSR count). The third kappa shape index (κ3) is 6.04. The van der Waals surface area contributed by atoms with Gasteiger partial charge in [0.1, 0.15) is 0 Å². The number of nitrogens with zero attached hydrogens (tertiary/aromatic N) is 1. The van der Waals surface area contributed by atoms with Crippen LogP contribution in [0.3, 0.4) is 0 Å². The summed E-state index contributed by atoms with van der Waals surface area (Å²) >= 11 is 0.539. The number of alkyl halides is 2. The Morgan fingerprint density at radius 2 is 2.00 bits per heavy atom. The van der Waals surface area contributed by atoms with Crippen LogP contribution in [0.1, 0.15) is 31.7 Å². The molecule has 0 aliphatic carbocycles. The van der Waals surface area contributed by atoms with Gasteiger partial charge in [-0.3, -0.25) is 4.90 Å². The van der Waals surface area contributed by atoms with E-state index < -0.39 is 15.6 Å². The molecule has 1 saturated heterocycles. The molecule has 1 aliphatic rings. The minimum absolute atomic E-state index is 0.0710. The van der Waals surface area contributed by atoms with Gasteiger partial charge in [0.05, 0.1) is 11.5 Å². The molecular weight excluding hydrogens is 340 g/mol. The molecule has 0 spiro atoms. The molecule has 130 valence electrons. The van der Waals surface area contributed by atoms with Crippen molar-refractivity contribution in [2.45, 2.75) is 49.4 Å². The summed E-state index contributed by atoms with van der Waals surface area (Å²) in [6.07, 6.45) is 2.77. The van der Waals surface area contributed by atoms with Gasteiger partial charge in [-0.25, -0.2) is 8.42 Å². The lowest BCUT2D eigenvalue weighted by molar-refractivity contribution is 0.200. The molecule has 1 aromatic rings. The Kier molecular flexibility index (Phi) is 6.85. The van der Waals surface area contributed by atoms with Crippen molar-refractivity contribution in [1.82, 2.24) is 4.90 Å². The van der Waals surface area contributed by atoms with Crippen molar-refractivity contribution in [3.8, 4) is 0 Å². The van der Waals surface area contributed by atoms with Gasteiger partial charge < -0.3 is 0 Å². The fourth-order valence-corrected chi connectivity index (χ4v) is 5.09. The number of rotatable bonds is 8. The quantitative estimate of drug-likeness (QED) is 0.659. The van der Waals surface area contributed by atoms with Crippen LogP contribution in [-0.4, -0.2) is 43.2 Å². The van der Waals surface area contributed by atoms with E-state index in [1.807, 2.05) is 12.1 Å². The Morgan fingerprint density at radius 1 is 1.30 bits per heavy atom. The average molecular weight is 363 g/mol. The summed E-state index contributed by atoms with van der Waals surface area (Å²) in [5.41, 5.74) is 1.03. The van der Waals surface area contributed by atoms with Crippen LogP contribution in [0.15, 0.2) is 29.2 Å². The molecule has 0 N–H and O–H groups in total. The maximum atomic E-state index is 12.3. The Morgan fingerprint density at radius 3 is 2.52 bits per heavy atom. The first-order valence-electron chi connectivity index (χ1n) is 7.88. The van der Waals surface area contributed by atoms with Crippen LogP contribution in [0.5, 0.6) is 0 Å². The lowest BCUT2D eigenvalue weighted by atomic mass is 10.1. The molecule has 1 atom stereocenters. The third-order valence-corrected chi connectivity index (χ3v) is 6.53. The average Bonchev–Trinajstić information content (AvgIpc) is 2.85. The topological polar surface area (TPSA) is 37.4 Å². The number of unbranched alkanes of at least 4 members (excludes halogenated alkanes) is 1. The first-order chi connectivity index (χ1) is 10.9. The first kappa shape index (κ1) is 18.7. The highest BCUT2D eigenvalue weighted by molar-refractivity contribution is 7.99. The van der Waals surface area contributed by atoms with Crippen molar-refractivity contribution in [3.05, 3.63) is 29.8 Å². The maximum absolute atomic E-state index is 12.3. The number of thioether (sulfide) groups is 1. The molecule has 1 unspecified atom stereocenters. The lowest BCUT2D eigenvalue weighted by Gasteiger charge is -2.28. The molecule has 1 fully saturated rings. The summed E-state index contributed by atoms with van der Waals surface area (Å²) in [7, 11) is -2.91. The van der Waals surface area contributed by atoms with Crippen LogP contribution in [0, 0.1) is 0 Å². The number of sulfone groups is 1. The van der Waals surface area contributed by atoms with Gasteiger partial charge in [-0.15, -0.1) is 0 Å². The SMILES string of the molecule is CCCCN(Cc1ccc(SC(F)F)cc1)C1CCS(=O)(=O)C1. The molecule has 7 heteroatoms. The van der Waals surface area contributed by atoms with E-state index in [0.717, 1.165) is 24.9 Å². The molecule has 0 amide bonds. The van der Waals surface area contributed by atoms with Gasteiger partial charge in [-0.1, -0.05) is 37.2 Å². The van der Waals surface area contributed by atoms with Crippen LogP contribution < -0.4 is 0 Å². The monoisotopic (exact) mass is 363 g/mol. The van der Waals surface area contributed by atoms with E-state index in [-0.39, 0.29) is 17.5 Å². The summed E-state index contributed by atoms with van der Waals surface area (Å²) < 4.78 is 48.1. The predicted octanol–water partition coefficient (Wildman–Crippen LogP) is 3.79. The summed E-state index contributed by atoms with van der Waals surface area (Å²) in [5.74, 6) is -1.91. The molecule has 0 aromatic heterocycles. The summed E-state index contributed by atoms with van der Waals surface area (Å²) in [6.45, 7) is 3.64. The van der Waals surface area contributed by atoms with Crippen molar-refractivity contribution in [1.29, 1.82) is 0 Å². The number of benzene rings is 1. The van der Waals surface area contributed by atoms with Gasteiger partial charge in [0, 0.05) is 17.5 Å². The van der Waals surface area contributed by atoms with Crippen molar-refractivity contribution < 1.29 is 17.2 Å². The summed E-state index contributed by atoms with van der Waals surface area (Å²) in [6, 6.07) is 7.19. The molecule has 23 heavy (non-hydrogen) atoms. The number of halogens is 2. The molecule has 1 aromatic carbocycles. The second-order valence-corrected chi connectivity index (χ2v) is 9.20. The van der Waals surface area contributed by atoms with Gasteiger partial charge >= 0.3 is 0 Å². The molecular formula is C16H23F2NO2S2. The van der Waals surface area contributed by atoms with Crippen LogP contribution >= 0.6 is 11.8 Å². The molecule has 0 radical (unpaired) electrons. The summed E-state index contributed by atoms with van der Waals surface area (Å²) in [4.78, 5) is 2.77. The fraction of sp³-hybridized carbons (Fsp3) is 0.625. The standard InChI is InChI=1S/C16H23F2NO2S2/c1-2-3-9-19(14-8-10-23(20,21)12-14)11-13-4-6-15(7-5-13)22-16(17)18/h4-7,14,16H,2-3,8-12H2,1H3. The molecule has 0 saturated carbocycles. The zero-order valence-electron chi connectivity index (χ0n) is 13.2. The Balaban J connectivity index is 2.02. The van der Waals surface area contributed by atoms with Gasteiger partial charge in [0.25, 0.3) is 5.76 Å². The Hall–Kier alpha value is -0.660. The van der Waals surface area contributed by atoms with E-state index in [4.69, 9.17) is 0 Å². The van der Waals surface area contributed by atoms with E-state index in [9.17, 15) is 17.2 Å². The predicted molar refractivity (Wildman–Crippen MR) is 90.7 cm³/mol. The minimum Gasteiger partial charge on any atom is -0.295 e. The van der Waals surface area contributed by atoms with Gasteiger partial charge in [0.2, 0.25) is 0 Å². The third-order valence-electron chi connectivity index (χ3n) is 4.06. The van der Waals surface area contributed by atoms with E-state index in [1.54, 1.807) is 12.1 Å². The highest BCUT2D eigenvalue weighted by Gasteiger charge is 2.31. The second kappa shape index (κ2) is 8.44. The van der Waals surface area contributed by atoms with Crippen molar-refractivity contribution in [2.24, 2.45) is 0 Å². The largest absolute Gasteiger partial charge is 0.295 e. The number of hydrogen-bond donors (Lipinski definition) is 0. The molecule has 0 bridgehead atoms. The van der Waals surface area contributed by atoms with E-state index in [1.165, 1.54) is 0 Å². The van der Waals surface area contributed by atoms with Crippen molar-refractivity contribution in [3.63, 3.8) is 0 Å². The highest BCUT2D eigenvalue weighted by atomic mass is 32.2. The summed E-state index contributed by atoms with van der Waals surface area (Å²) in [5, 5.41) is 0. The van der Waals surface area contributed by atoms with Gasteiger partial charge in [0.15, 0.2) is 9.84 Å². The van der Waals surface area contributed by atoms with Crippen LogP contribution in [-0.2, 0) is 16.4 Å². The van der Waals surface area contributed by atoms with Gasteiger partial charge in [-0.05, 0) is 37.1 Å². The maximum Gasteiger partial charge on any atom is 0.288 e. The zero-order valence-corrected chi connectivity index (χ0v) is 14.9. The molecule has 3 nitrogen and oxygen atoms in total. The first-order valence-corrected chi connectivity index (χ1v) is 10.6. The number of hydrogen-bond acceptors (Lipinski definition) is 4. The van der Waals surface area contributed by atoms with Crippen LogP contribution in [0.4, 0.5) is 8.78 Å². The van der Waals surface area contributed by atoms with Crippen molar-refractivity contribution >= 4 is 21.6 Å². The van der Waals surface area contributed by atoms with E-state index in [0.29, 0.717) is 29.6 Å². The van der Waals surface area contributed by atoms with Crippen LogP contribution in [0.2, 0.25) is 0 Å². The van der Waals surface area contributed by atoms with E-state index in [2.05, 4.69) is 11.8 Å². The van der Waals surface area contributed by atoms with Gasteiger partial charge in [-0.2, -0.15) is 8.78 Å². The molecule has 1 aliphatic heterocycles. The highest BCUT2D eigenvalue weighted by Crippen LogP contribution is 2.26. The Bertz CT molecular complexity index is 591. The smallest absolute Gasteiger partial charge is 0.288 e. The molecule has 1 heterocycles.